The first kappa shape index (κ1) is 19.2. The van der Waals surface area contributed by atoms with Crippen LogP contribution in [-0.2, 0) is 14.3 Å². The molecule has 0 heterocycles. The molecule has 3 rings (SSSR count). The molecule has 0 aliphatic carbocycles. The fourth-order valence-corrected chi connectivity index (χ4v) is 2.61. The van der Waals surface area contributed by atoms with Crippen molar-refractivity contribution in [3.05, 3.63) is 66.7 Å². The van der Waals surface area contributed by atoms with Crippen molar-refractivity contribution in [2.45, 2.75) is 13.0 Å². The van der Waals surface area contributed by atoms with Crippen molar-refractivity contribution in [3.63, 3.8) is 0 Å². The fraction of sp³-hybridized carbons (Fsp3) is 0.182. The van der Waals surface area contributed by atoms with Gasteiger partial charge in [0.15, 0.2) is 12.7 Å². The summed E-state index contributed by atoms with van der Waals surface area (Å²) in [5, 5.41) is 4.85. The zero-order valence-electron chi connectivity index (χ0n) is 15.7. The molecule has 0 fully saturated rings. The van der Waals surface area contributed by atoms with Gasteiger partial charge < -0.3 is 19.5 Å². The second kappa shape index (κ2) is 8.90. The molecule has 28 heavy (non-hydrogen) atoms. The van der Waals surface area contributed by atoms with Crippen molar-refractivity contribution in [2.24, 2.45) is 0 Å². The van der Waals surface area contributed by atoms with E-state index in [2.05, 4.69) is 5.32 Å². The Morgan fingerprint density at radius 3 is 2.32 bits per heavy atom. The summed E-state index contributed by atoms with van der Waals surface area (Å²) in [5.41, 5.74) is 0.640. The van der Waals surface area contributed by atoms with Crippen molar-refractivity contribution in [1.29, 1.82) is 0 Å². The van der Waals surface area contributed by atoms with Gasteiger partial charge in [0.1, 0.15) is 11.5 Å². The fourth-order valence-electron chi connectivity index (χ4n) is 2.61. The second-order valence-corrected chi connectivity index (χ2v) is 6.15. The number of hydrogen-bond acceptors (Lipinski definition) is 5. The maximum atomic E-state index is 12.3. The van der Waals surface area contributed by atoms with E-state index in [1.54, 1.807) is 31.4 Å². The number of hydrogen-bond donors (Lipinski definition) is 1. The van der Waals surface area contributed by atoms with Gasteiger partial charge in [-0.3, -0.25) is 4.79 Å². The van der Waals surface area contributed by atoms with Crippen LogP contribution < -0.4 is 14.8 Å². The highest BCUT2D eigenvalue weighted by Gasteiger charge is 2.18. The minimum Gasteiger partial charge on any atom is -0.497 e. The number of carbonyl (C=O) groups is 2. The van der Waals surface area contributed by atoms with Crippen LogP contribution in [0.5, 0.6) is 11.5 Å². The molecule has 1 atom stereocenters. The van der Waals surface area contributed by atoms with Gasteiger partial charge in [0.05, 0.1) is 7.11 Å². The average molecular weight is 379 g/mol. The zero-order valence-corrected chi connectivity index (χ0v) is 15.7. The number of rotatable bonds is 7. The number of nitrogens with one attached hydrogen (secondary N) is 1. The van der Waals surface area contributed by atoms with E-state index in [1.807, 2.05) is 42.5 Å². The molecule has 0 spiro atoms. The van der Waals surface area contributed by atoms with Crippen molar-refractivity contribution in [1.82, 2.24) is 0 Å². The Morgan fingerprint density at radius 1 is 0.929 bits per heavy atom. The minimum atomic E-state index is -0.946. The zero-order chi connectivity index (χ0) is 19.9. The van der Waals surface area contributed by atoms with Crippen LogP contribution in [0.25, 0.3) is 10.8 Å². The molecule has 1 N–H and O–H groups in total. The third-order valence-corrected chi connectivity index (χ3v) is 4.11. The standard InChI is InChI=1S/C22H21NO5/c1-15(28-21(24)14-27-20-11-9-19(26-2)10-12-20)22(25)23-18-8-7-16-5-3-4-6-17(16)13-18/h3-13,15H,14H2,1-2H3,(H,23,25). The van der Waals surface area contributed by atoms with Gasteiger partial charge in [-0.1, -0.05) is 30.3 Å². The molecule has 0 aliphatic heterocycles. The molecule has 0 saturated carbocycles. The number of ether oxygens (including phenoxy) is 3. The number of carbonyl (C=O) groups excluding carboxylic acids is 2. The summed E-state index contributed by atoms with van der Waals surface area (Å²) in [6.07, 6.45) is -0.946. The highest BCUT2D eigenvalue weighted by Crippen LogP contribution is 2.19. The third kappa shape index (κ3) is 5.01. The first-order chi connectivity index (χ1) is 13.5. The van der Waals surface area contributed by atoms with Crippen LogP contribution in [0, 0.1) is 0 Å². The van der Waals surface area contributed by atoms with Gasteiger partial charge in [-0.2, -0.15) is 0 Å². The molecule has 0 saturated heterocycles. The van der Waals surface area contributed by atoms with Crippen LogP contribution in [0.4, 0.5) is 5.69 Å². The predicted octanol–water partition coefficient (Wildman–Crippen LogP) is 3.80. The highest BCUT2D eigenvalue weighted by molar-refractivity contribution is 5.97. The molecular weight excluding hydrogens is 358 g/mol. The smallest absolute Gasteiger partial charge is 0.344 e. The number of fused-ring (bicyclic) bond motifs is 1. The summed E-state index contributed by atoms with van der Waals surface area (Å²) in [6, 6.07) is 20.3. The number of benzene rings is 3. The number of amides is 1. The van der Waals surface area contributed by atoms with Gasteiger partial charge in [-0.05, 0) is 54.1 Å². The summed E-state index contributed by atoms with van der Waals surface area (Å²) in [6.45, 7) is 1.22. The maximum absolute atomic E-state index is 12.3. The summed E-state index contributed by atoms with van der Waals surface area (Å²) in [4.78, 5) is 24.2. The minimum absolute atomic E-state index is 0.292. The van der Waals surface area contributed by atoms with Gasteiger partial charge in [-0.15, -0.1) is 0 Å². The molecule has 0 radical (unpaired) electrons. The molecule has 144 valence electrons. The maximum Gasteiger partial charge on any atom is 0.344 e. The molecule has 0 bridgehead atoms. The monoisotopic (exact) mass is 379 g/mol. The quantitative estimate of drug-likeness (QED) is 0.632. The normalized spacial score (nSPS) is 11.5. The van der Waals surface area contributed by atoms with E-state index in [0.29, 0.717) is 17.2 Å². The Bertz CT molecular complexity index is 968. The van der Waals surface area contributed by atoms with Crippen LogP contribution in [0.2, 0.25) is 0 Å². The third-order valence-electron chi connectivity index (χ3n) is 4.11. The van der Waals surface area contributed by atoms with Crippen molar-refractivity contribution in [2.75, 3.05) is 19.0 Å². The summed E-state index contributed by atoms with van der Waals surface area (Å²) < 4.78 is 15.5. The van der Waals surface area contributed by atoms with Gasteiger partial charge in [-0.25, -0.2) is 4.79 Å². The van der Waals surface area contributed by atoms with E-state index in [4.69, 9.17) is 14.2 Å². The van der Waals surface area contributed by atoms with E-state index < -0.39 is 18.0 Å². The summed E-state index contributed by atoms with van der Waals surface area (Å²) in [7, 11) is 1.57. The molecule has 0 aromatic heterocycles. The van der Waals surface area contributed by atoms with Crippen LogP contribution in [0.3, 0.4) is 0 Å². The van der Waals surface area contributed by atoms with E-state index in [-0.39, 0.29) is 6.61 Å². The van der Waals surface area contributed by atoms with Crippen LogP contribution >= 0.6 is 0 Å². The van der Waals surface area contributed by atoms with Crippen molar-refractivity contribution >= 4 is 28.3 Å². The second-order valence-electron chi connectivity index (χ2n) is 6.15. The molecule has 1 amide bonds. The Labute approximate surface area is 163 Å². The number of esters is 1. The lowest BCUT2D eigenvalue weighted by atomic mass is 10.1. The van der Waals surface area contributed by atoms with Crippen LogP contribution in [0.15, 0.2) is 66.7 Å². The highest BCUT2D eigenvalue weighted by atomic mass is 16.6. The van der Waals surface area contributed by atoms with Gasteiger partial charge in [0.25, 0.3) is 5.91 Å². The van der Waals surface area contributed by atoms with Gasteiger partial charge in [0, 0.05) is 5.69 Å². The van der Waals surface area contributed by atoms with Gasteiger partial charge >= 0.3 is 5.97 Å². The topological polar surface area (TPSA) is 73.9 Å². The van der Waals surface area contributed by atoms with Gasteiger partial charge in [0.2, 0.25) is 0 Å². The summed E-state index contributed by atoms with van der Waals surface area (Å²) >= 11 is 0. The van der Waals surface area contributed by atoms with Crippen LogP contribution in [-0.4, -0.2) is 31.7 Å². The molecule has 6 nitrogen and oxygen atoms in total. The first-order valence-electron chi connectivity index (χ1n) is 8.81. The van der Waals surface area contributed by atoms with E-state index >= 15 is 0 Å². The largest absolute Gasteiger partial charge is 0.497 e. The molecule has 1 unspecified atom stereocenters. The Morgan fingerprint density at radius 2 is 1.61 bits per heavy atom. The lowest BCUT2D eigenvalue weighted by molar-refractivity contribution is -0.155. The molecule has 3 aromatic carbocycles. The number of anilines is 1. The Balaban J connectivity index is 1.50. The molecule has 3 aromatic rings. The summed E-state index contributed by atoms with van der Waals surface area (Å²) in [5.74, 6) is 0.157. The lowest BCUT2D eigenvalue weighted by Crippen LogP contribution is -2.31. The Kier molecular flexibility index (Phi) is 6.11. The molecular formula is C22H21NO5. The predicted molar refractivity (Wildman–Crippen MR) is 107 cm³/mol. The van der Waals surface area contributed by atoms with E-state index in [1.165, 1.54) is 6.92 Å². The van der Waals surface area contributed by atoms with E-state index in [9.17, 15) is 9.59 Å². The van der Waals surface area contributed by atoms with Crippen molar-refractivity contribution < 1.29 is 23.8 Å². The average Bonchev–Trinajstić information content (AvgIpc) is 2.72. The number of methoxy groups -OCH3 is 1. The molecule has 6 heteroatoms. The van der Waals surface area contributed by atoms with Crippen molar-refractivity contribution in [3.8, 4) is 11.5 Å². The first-order valence-corrected chi connectivity index (χ1v) is 8.81. The Hall–Kier alpha value is -3.54. The van der Waals surface area contributed by atoms with Crippen LogP contribution in [0.1, 0.15) is 6.92 Å². The molecule has 0 aliphatic rings. The SMILES string of the molecule is COc1ccc(OCC(=O)OC(C)C(=O)Nc2ccc3ccccc3c2)cc1. The lowest BCUT2D eigenvalue weighted by Gasteiger charge is -2.14. The van der Waals surface area contributed by atoms with E-state index in [0.717, 1.165) is 10.8 Å².